The van der Waals surface area contributed by atoms with E-state index in [1.54, 1.807) is 0 Å². The molecule has 0 aromatic heterocycles. The minimum Gasteiger partial charge on any atom is -0.426 e. The summed E-state index contributed by atoms with van der Waals surface area (Å²) >= 11 is 0. The number of rotatable bonds is 4. The summed E-state index contributed by atoms with van der Waals surface area (Å²) in [7, 11) is 0. The molecule has 0 saturated heterocycles. The average Bonchev–Trinajstić information content (AvgIpc) is 2.64. The Morgan fingerprint density at radius 1 is 0.692 bits per heavy atom. The highest BCUT2D eigenvalue weighted by Gasteiger charge is 2.23. The third-order valence-corrected chi connectivity index (χ3v) is 3.95. The lowest BCUT2D eigenvalue weighted by Gasteiger charge is -2.25. The van der Waals surface area contributed by atoms with Crippen LogP contribution < -0.4 is 9.64 Å². The Balaban J connectivity index is 1.92. The van der Waals surface area contributed by atoms with E-state index >= 15 is 0 Å². The number of ether oxygens (including phenoxy) is 1. The molecular formula is C23H23NO2. The summed E-state index contributed by atoms with van der Waals surface area (Å²) in [6, 6.07) is 27.9. The van der Waals surface area contributed by atoms with Crippen LogP contribution in [0.5, 0.6) is 5.75 Å². The van der Waals surface area contributed by atoms with Crippen molar-refractivity contribution in [1.82, 2.24) is 0 Å². The summed E-state index contributed by atoms with van der Waals surface area (Å²) in [5.74, 6) is 0.308. The Kier molecular flexibility index (Phi) is 5.08. The molecule has 0 bridgehead atoms. The van der Waals surface area contributed by atoms with Gasteiger partial charge in [-0.2, -0.15) is 0 Å². The van der Waals surface area contributed by atoms with Gasteiger partial charge in [-0.1, -0.05) is 36.4 Å². The smallest absolute Gasteiger partial charge is 0.316 e. The second-order valence-corrected chi connectivity index (χ2v) is 7.14. The molecular weight excluding hydrogens is 322 g/mol. The second kappa shape index (κ2) is 7.44. The lowest BCUT2D eigenvalue weighted by Crippen LogP contribution is -2.25. The summed E-state index contributed by atoms with van der Waals surface area (Å²) < 4.78 is 5.47. The van der Waals surface area contributed by atoms with E-state index in [9.17, 15) is 4.79 Å². The standard InChI is InChI=1S/C23H23NO2/c1-23(2,3)22(25)26-21-16-14-20(15-17-21)24(18-10-6-4-7-11-18)19-12-8-5-9-13-19/h4-17H,1-3H3. The molecule has 3 heteroatoms. The van der Waals surface area contributed by atoms with Gasteiger partial charge in [0, 0.05) is 17.1 Å². The van der Waals surface area contributed by atoms with Gasteiger partial charge in [-0.15, -0.1) is 0 Å². The Morgan fingerprint density at radius 3 is 1.54 bits per heavy atom. The highest BCUT2D eigenvalue weighted by Crippen LogP contribution is 2.35. The number of benzene rings is 3. The Hall–Kier alpha value is -3.07. The zero-order valence-electron chi connectivity index (χ0n) is 15.3. The largest absolute Gasteiger partial charge is 0.426 e. The number of nitrogens with zero attached hydrogens (tertiary/aromatic N) is 1. The molecule has 3 aromatic carbocycles. The topological polar surface area (TPSA) is 29.5 Å². The van der Waals surface area contributed by atoms with Gasteiger partial charge in [-0.3, -0.25) is 4.79 Å². The molecule has 0 radical (unpaired) electrons. The maximum atomic E-state index is 12.1. The minimum absolute atomic E-state index is 0.242. The molecule has 0 spiro atoms. The van der Waals surface area contributed by atoms with E-state index in [-0.39, 0.29) is 5.97 Å². The normalized spacial score (nSPS) is 11.0. The number of anilines is 3. The van der Waals surface area contributed by atoms with Crippen LogP contribution in [-0.2, 0) is 4.79 Å². The van der Waals surface area contributed by atoms with Gasteiger partial charge in [0.05, 0.1) is 5.41 Å². The number of para-hydroxylation sites is 2. The third kappa shape index (κ3) is 4.12. The Bertz CT molecular complexity index is 811. The van der Waals surface area contributed by atoms with Crippen LogP contribution in [0, 0.1) is 5.41 Å². The van der Waals surface area contributed by atoms with Crippen LogP contribution >= 0.6 is 0 Å². The van der Waals surface area contributed by atoms with Crippen LogP contribution in [0.2, 0.25) is 0 Å². The van der Waals surface area contributed by atoms with Crippen LogP contribution in [0.25, 0.3) is 0 Å². The van der Waals surface area contributed by atoms with E-state index < -0.39 is 5.41 Å². The molecule has 3 nitrogen and oxygen atoms in total. The van der Waals surface area contributed by atoms with Crippen molar-refractivity contribution in [3.63, 3.8) is 0 Å². The summed E-state index contributed by atoms with van der Waals surface area (Å²) in [4.78, 5) is 14.2. The van der Waals surface area contributed by atoms with E-state index in [1.165, 1.54) is 0 Å². The predicted molar refractivity (Wildman–Crippen MR) is 106 cm³/mol. The van der Waals surface area contributed by atoms with E-state index in [4.69, 9.17) is 4.74 Å². The molecule has 0 unspecified atom stereocenters. The van der Waals surface area contributed by atoms with Crippen molar-refractivity contribution in [3.8, 4) is 5.75 Å². The van der Waals surface area contributed by atoms with Gasteiger partial charge < -0.3 is 9.64 Å². The summed E-state index contributed by atoms with van der Waals surface area (Å²) in [6.07, 6.45) is 0. The molecule has 3 aromatic rings. The summed E-state index contributed by atoms with van der Waals surface area (Å²) in [5, 5.41) is 0. The zero-order valence-corrected chi connectivity index (χ0v) is 15.3. The first kappa shape index (κ1) is 17.7. The number of hydrogen-bond donors (Lipinski definition) is 0. The summed E-state index contributed by atoms with van der Waals surface area (Å²) in [6.45, 7) is 5.53. The lowest BCUT2D eigenvalue weighted by atomic mass is 9.97. The number of carbonyl (C=O) groups excluding carboxylic acids is 1. The zero-order chi connectivity index (χ0) is 18.6. The van der Waals surface area contributed by atoms with Gasteiger partial charge >= 0.3 is 5.97 Å². The van der Waals surface area contributed by atoms with E-state index in [0.717, 1.165) is 17.1 Å². The minimum atomic E-state index is -0.529. The molecule has 0 aliphatic carbocycles. The number of hydrogen-bond acceptors (Lipinski definition) is 3. The maximum absolute atomic E-state index is 12.1. The maximum Gasteiger partial charge on any atom is 0.316 e. The van der Waals surface area contributed by atoms with Gasteiger partial charge in [-0.25, -0.2) is 0 Å². The monoisotopic (exact) mass is 345 g/mol. The van der Waals surface area contributed by atoms with Crippen molar-refractivity contribution < 1.29 is 9.53 Å². The fourth-order valence-electron chi connectivity index (χ4n) is 2.52. The van der Waals surface area contributed by atoms with Gasteiger partial charge in [0.2, 0.25) is 0 Å². The average molecular weight is 345 g/mol. The van der Waals surface area contributed by atoms with Crippen LogP contribution in [-0.4, -0.2) is 5.97 Å². The van der Waals surface area contributed by atoms with Crippen LogP contribution in [0.1, 0.15) is 20.8 Å². The molecule has 0 aliphatic rings. The highest BCUT2D eigenvalue weighted by molar-refractivity contribution is 5.79. The molecule has 132 valence electrons. The molecule has 0 amide bonds. The van der Waals surface area contributed by atoms with E-state index in [0.29, 0.717) is 5.75 Å². The van der Waals surface area contributed by atoms with Gasteiger partial charge in [0.15, 0.2) is 0 Å². The fourth-order valence-corrected chi connectivity index (χ4v) is 2.52. The highest BCUT2D eigenvalue weighted by atomic mass is 16.5. The third-order valence-electron chi connectivity index (χ3n) is 3.95. The van der Waals surface area contributed by atoms with Gasteiger partial charge in [-0.05, 0) is 69.3 Å². The molecule has 0 fully saturated rings. The number of carbonyl (C=O) groups is 1. The second-order valence-electron chi connectivity index (χ2n) is 7.14. The quantitative estimate of drug-likeness (QED) is 0.422. The molecule has 0 aliphatic heterocycles. The van der Waals surface area contributed by atoms with E-state index in [1.807, 2.05) is 81.4 Å². The van der Waals surface area contributed by atoms with Gasteiger partial charge in [0.25, 0.3) is 0 Å². The number of esters is 1. The summed E-state index contributed by atoms with van der Waals surface area (Å²) in [5.41, 5.74) is 2.60. The molecule has 0 atom stereocenters. The van der Waals surface area contributed by atoms with Gasteiger partial charge in [0.1, 0.15) is 5.75 Å². The van der Waals surface area contributed by atoms with E-state index in [2.05, 4.69) is 29.2 Å². The van der Waals surface area contributed by atoms with Crippen molar-refractivity contribution in [2.24, 2.45) is 5.41 Å². The first-order valence-corrected chi connectivity index (χ1v) is 8.68. The first-order valence-electron chi connectivity index (χ1n) is 8.68. The van der Waals surface area contributed by atoms with Crippen molar-refractivity contribution in [2.75, 3.05) is 4.90 Å². The van der Waals surface area contributed by atoms with Crippen molar-refractivity contribution in [2.45, 2.75) is 20.8 Å². The lowest BCUT2D eigenvalue weighted by molar-refractivity contribution is -0.142. The SMILES string of the molecule is CC(C)(C)C(=O)Oc1ccc(N(c2ccccc2)c2ccccc2)cc1. The Morgan fingerprint density at radius 2 is 1.12 bits per heavy atom. The van der Waals surface area contributed by atoms with Crippen molar-refractivity contribution >= 4 is 23.0 Å². The molecule has 0 heterocycles. The molecule has 0 N–H and O–H groups in total. The van der Waals surface area contributed by atoms with Crippen molar-refractivity contribution in [1.29, 1.82) is 0 Å². The van der Waals surface area contributed by atoms with Crippen LogP contribution in [0.4, 0.5) is 17.1 Å². The molecule has 3 rings (SSSR count). The van der Waals surface area contributed by atoms with Crippen molar-refractivity contribution in [3.05, 3.63) is 84.9 Å². The fraction of sp³-hybridized carbons (Fsp3) is 0.174. The first-order chi connectivity index (χ1) is 12.4. The predicted octanol–water partition coefficient (Wildman–Crippen LogP) is 6.11. The van der Waals surface area contributed by atoms with Crippen LogP contribution in [0.15, 0.2) is 84.9 Å². The van der Waals surface area contributed by atoms with Crippen LogP contribution in [0.3, 0.4) is 0 Å². The molecule has 0 saturated carbocycles. The molecule has 26 heavy (non-hydrogen) atoms. The Labute approximate surface area is 154 Å².